The summed E-state index contributed by atoms with van der Waals surface area (Å²) in [5, 5.41) is 18.7. The second-order valence-corrected chi connectivity index (χ2v) is 13.7. The molecule has 0 spiro atoms. The smallest absolute Gasteiger partial charge is 0.234 e. The van der Waals surface area contributed by atoms with Crippen molar-refractivity contribution in [3.05, 3.63) is 0 Å². The Morgan fingerprint density at radius 1 is 0.404 bits per heavy atom. The first-order valence-electron chi connectivity index (χ1n) is 18.3. The van der Waals surface area contributed by atoms with E-state index in [0.717, 1.165) is 12.8 Å². The van der Waals surface area contributed by atoms with Crippen molar-refractivity contribution in [2.45, 2.75) is 85.0 Å². The fourth-order valence-electron chi connectivity index (χ4n) is 4.77. The van der Waals surface area contributed by atoms with Crippen molar-refractivity contribution in [3.63, 3.8) is 0 Å². The zero-order chi connectivity index (χ0) is 39.4. The Balaban J connectivity index is 4.70. The number of ketones is 1. The summed E-state index contributed by atoms with van der Waals surface area (Å²) in [6.07, 6.45) is 6.32. The van der Waals surface area contributed by atoms with Gasteiger partial charge in [-0.25, -0.2) is 0 Å². The molecule has 52 heavy (non-hydrogen) atoms. The fourth-order valence-corrected chi connectivity index (χ4v) is 4.77. The molecule has 17 nitrogen and oxygen atoms in total. The van der Waals surface area contributed by atoms with Crippen molar-refractivity contribution in [1.29, 1.82) is 0 Å². The second kappa shape index (κ2) is 28.6. The van der Waals surface area contributed by atoms with Crippen molar-refractivity contribution in [2.24, 2.45) is 5.41 Å². The molecule has 7 amide bonds. The molecule has 20 heteroatoms. The molecule has 0 fully saturated rings. The molecule has 0 aliphatic carbocycles. The van der Waals surface area contributed by atoms with Gasteiger partial charge in [0.1, 0.15) is 5.78 Å². The minimum Gasteiger partial charge on any atom is -0.406 e. The first-order chi connectivity index (χ1) is 24.6. The number of rotatable bonds is 29. The minimum absolute atomic E-state index is 0.0716. The predicted octanol–water partition coefficient (Wildman–Crippen LogP) is -4.44. The van der Waals surface area contributed by atoms with Crippen molar-refractivity contribution in [1.82, 2.24) is 46.8 Å². The van der Waals surface area contributed by atoms with Crippen molar-refractivity contribution < 1.29 is 38.4 Å². The summed E-state index contributed by atoms with van der Waals surface area (Å²) in [5.74, 6) is -1.79. The van der Waals surface area contributed by atoms with Crippen LogP contribution in [0.4, 0.5) is 0 Å². The molecule has 0 aliphatic rings. The average Bonchev–Trinajstić information content (AvgIpc) is 3.08. The van der Waals surface area contributed by atoms with Crippen LogP contribution in [0.2, 0.25) is 0 Å². The molecule has 0 radical (unpaired) electrons. The Hall–Kier alpha value is -3.93. The molecule has 7 N–H and O–H groups in total. The van der Waals surface area contributed by atoms with E-state index in [1.165, 1.54) is 25.8 Å². The Bertz CT molecular complexity index is 1140. The largest absolute Gasteiger partial charge is 0.406 e. The van der Waals surface area contributed by atoms with E-state index in [1.807, 2.05) is 20.8 Å². The number of hydrogen-bond acceptors (Lipinski definition) is 10. The molecular formula is C32H62B3N9O8. The number of amides is 7. The van der Waals surface area contributed by atoms with E-state index in [1.54, 1.807) is 7.98 Å². The van der Waals surface area contributed by atoms with Gasteiger partial charge in [-0.05, 0) is 44.9 Å². The van der Waals surface area contributed by atoms with Crippen LogP contribution in [0.5, 0.6) is 0 Å². The molecule has 0 aliphatic heterocycles. The van der Waals surface area contributed by atoms with Gasteiger partial charge < -0.3 is 37.0 Å². The van der Waals surface area contributed by atoms with E-state index in [0.29, 0.717) is 77.5 Å². The fraction of sp³-hybridized carbons (Fsp3) is 0.750. The predicted molar refractivity (Wildman–Crippen MR) is 206 cm³/mol. The van der Waals surface area contributed by atoms with Gasteiger partial charge in [0.15, 0.2) is 0 Å². The number of carbonyl (C=O) groups excluding carboxylic acids is 8. The number of nitrogens with zero attached hydrogens (tertiary/aromatic N) is 2. The summed E-state index contributed by atoms with van der Waals surface area (Å²) in [4.78, 5) is 100. The molecule has 0 heterocycles. The quantitative estimate of drug-likeness (QED) is 0.0289. The van der Waals surface area contributed by atoms with Gasteiger partial charge in [-0.2, -0.15) is 0 Å². The molecule has 0 rings (SSSR count). The normalized spacial score (nSPS) is 11.0. The summed E-state index contributed by atoms with van der Waals surface area (Å²) in [6.45, 7) is 6.47. The monoisotopic (exact) mass is 734 g/mol. The van der Waals surface area contributed by atoms with Crippen LogP contribution in [-0.4, -0.2) is 146 Å². The third-order valence-corrected chi connectivity index (χ3v) is 7.93. The van der Waals surface area contributed by atoms with Gasteiger partial charge in [-0.1, -0.05) is 27.2 Å². The molecule has 0 bridgehead atoms. The zero-order valence-corrected chi connectivity index (χ0v) is 32.3. The molecule has 0 aromatic rings. The van der Waals surface area contributed by atoms with Crippen LogP contribution in [-0.2, 0) is 38.4 Å². The van der Waals surface area contributed by atoms with Gasteiger partial charge in [-0.3, -0.25) is 48.2 Å². The maximum atomic E-state index is 12.7. The SMILES string of the molecule is BNC(=O)CCCCNC(=O)CN(CC(=O)NCCCCCNC(=O)CN(CC(=O)NB)CC(=O)NB)CC(=O)NCCCCCC(=O)C(C)(C)C. The lowest BCUT2D eigenvalue weighted by Crippen LogP contribution is -2.47. The van der Waals surface area contributed by atoms with E-state index >= 15 is 0 Å². The summed E-state index contributed by atoms with van der Waals surface area (Å²) < 4.78 is 0. The highest BCUT2D eigenvalue weighted by Crippen LogP contribution is 2.18. The lowest BCUT2D eigenvalue weighted by Gasteiger charge is -2.21. The van der Waals surface area contributed by atoms with E-state index in [-0.39, 0.29) is 91.8 Å². The van der Waals surface area contributed by atoms with Crippen LogP contribution >= 0.6 is 0 Å². The maximum Gasteiger partial charge on any atom is 0.234 e. The summed E-state index contributed by atoms with van der Waals surface area (Å²) >= 11 is 0. The Labute approximate surface area is 311 Å². The highest BCUT2D eigenvalue weighted by molar-refractivity contribution is 6.15. The Kier molecular flexibility index (Phi) is 26.5. The van der Waals surface area contributed by atoms with Crippen LogP contribution in [0.3, 0.4) is 0 Å². The van der Waals surface area contributed by atoms with Crippen LogP contribution in [0.15, 0.2) is 0 Å². The molecule has 0 aromatic carbocycles. The number of Topliss-reactive ketones (excluding diaryl/α,β-unsaturated/α-hetero) is 1. The molecule has 0 atom stereocenters. The Morgan fingerprint density at radius 2 is 0.692 bits per heavy atom. The first-order valence-corrected chi connectivity index (χ1v) is 18.3. The second-order valence-electron chi connectivity index (χ2n) is 13.7. The van der Waals surface area contributed by atoms with Gasteiger partial charge in [0, 0.05) is 44.4 Å². The topological polar surface area (TPSA) is 227 Å². The highest BCUT2D eigenvalue weighted by Gasteiger charge is 2.21. The molecule has 0 aromatic heterocycles. The van der Waals surface area contributed by atoms with Crippen molar-refractivity contribution >= 4 is 71.1 Å². The Morgan fingerprint density at radius 3 is 1.02 bits per heavy atom. The van der Waals surface area contributed by atoms with Crippen LogP contribution in [0, 0.1) is 5.41 Å². The summed E-state index contributed by atoms with van der Waals surface area (Å²) in [6, 6.07) is 0. The number of unbranched alkanes of at least 4 members (excludes halogenated alkanes) is 5. The van der Waals surface area contributed by atoms with Crippen molar-refractivity contribution in [2.75, 3.05) is 65.4 Å². The number of carbonyl (C=O) groups is 8. The molecule has 0 saturated carbocycles. The molecular weight excluding hydrogens is 671 g/mol. The number of nitrogens with one attached hydrogen (secondary N) is 7. The number of hydrogen-bond donors (Lipinski definition) is 7. The van der Waals surface area contributed by atoms with E-state index in [2.05, 4.69) is 37.0 Å². The minimum atomic E-state index is -0.363. The van der Waals surface area contributed by atoms with E-state index in [9.17, 15) is 38.4 Å². The van der Waals surface area contributed by atoms with Gasteiger partial charge in [0.2, 0.25) is 65.3 Å². The van der Waals surface area contributed by atoms with Crippen LogP contribution in [0.25, 0.3) is 0 Å². The van der Waals surface area contributed by atoms with Gasteiger partial charge in [0.05, 0.1) is 39.3 Å². The van der Waals surface area contributed by atoms with Gasteiger partial charge >= 0.3 is 0 Å². The lowest BCUT2D eigenvalue weighted by molar-refractivity contribution is -0.129. The highest BCUT2D eigenvalue weighted by atomic mass is 16.2. The van der Waals surface area contributed by atoms with Crippen LogP contribution in [0.1, 0.15) is 85.0 Å². The van der Waals surface area contributed by atoms with Gasteiger partial charge in [-0.15, -0.1) is 0 Å². The maximum absolute atomic E-state index is 12.7. The van der Waals surface area contributed by atoms with Gasteiger partial charge in [0.25, 0.3) is 0 Å². The van der Waals surface area contributed by atoms with E-state index in [4.69, 9.17) is 0 Å². The third kappa shape index (κ3) is 26.8. The van der Waals surface area contributed by atoms with Crippen LogP contribution < -0.4 is 37.0 Å². The summed E-state index contributed by atoms with van der Waals surface area (Å²) in [7, 11) is 4.52. The van der Waals surface area contributed by atoms with E-state index < -0.39 is 0 Å². The molecule has 0 saturated heterocycles. The summed E-state index contributed by atoms with van der Waals surface area (Å²) in [5.41, 5.74) is -0.363. The average molecular weight is 733 g/mol. The first kappa shape index (κ1) is 48.1. The molecule has 0 unspecified atom stereocenters. The lowest BCUT2D eigenvalue weighted by atomic mass is 9.88. The zero-order valence-electron chi connectivity index (χ0n) is 32.3. The molecule has 292 valence electrons. The third-order valence-electron chi connectivity index (χ3n) is 7.93. The standard InChI is InChI=1S/C32H62B3N9O8/c1-32(2,3)24(45)12-6-4-8-14-36-26(47)18-43(20-28(49)39-17-11-7-13-25(46)40-33)19-27(48)37-15-9-5-10-16-38-29(50)21-44(22-30(51)41-34)23-31(52)42-35/h4-23,33-35H2,1-3H3,(H,36,47)(H,37,48)(H,38,50)(H,39,49)(H,40,46)(H,41,51)(H,42,52). The van der Waals surface area contributed by atoms with Crippen molar-refractivity contribution in [3.8, 4) is 0 Å².